The number of benzene rings is 3. The average Bonchev–Trinajstić information content (AvgIpc) is 3.05. The van der Waals surface area contributed by atoms with Gasteiger partial charge in [-0.25, -0.2) is 0 Å². The molecule has 30 heavy (non-hydrogen) atoms. The van der Waals surface area contributed by atoms with E-state index in [4.69, 9.17) is 27.6 Å². The van der Waals surface area contributed by atoms with Crippen LogP contribution in [0.4, 0.5) is 5.69 Å². The highest BCUT2D eigenvalue weighted by Crippen LogP contribution is 2.29. The number of hydrogen-bond donors (Lipinski definition) is 1. The topological polar surface area (TPSA) is 59.3 Å². The van der Waals surface area contributed by atoms with Crippen LogP contribution in [-0.2, 0) is 11.2 Å². The van der Waals surface area contributed by atoms with E-state index in [1.165, 1.54) is 0 Å². The first-order valence-electron chi connectivity index (χ1n) is 9.28. The van der Waals surface area contributed by atoms with Crippen molar-refractivity contribution >= 4 is 51.5 Å². The van der Waals surface area contributed by atoms with Crippen LogP contribution in [0, 0.1) is 6.92 Å². The monoisotopic (exact) mass is 437 g/mol. The Morgan fingerprint density at radius 2 is 1.53 bits per heavy atom. The predicted octanol–water partition coefficient (Wildman–Crippen LogP) is 6.46. The zero-order valence-electron chi connectivity index (χ0n) is 16.0. The number of furan rings is 1. The molecule has 0 saturated heterocycles. The number of amides is 1. The van der Waals surface area contributed by atoms with E-state index in [1.54, 1.807) is 48.5 Å². The van der Waals surface area contributed by atoms with Crippen LogP contribution in [0.1, 0.15) is 27.2 Å². The molecule has 4 rings (SSSR count). The van der Waals surface area contributed by atoms with Crippen molar-refractivity contribution in [2.75, 3.05) is 5.32 Å². The van der Waals surface area contributed by atoms with Gasteiger partial charge in [0, 0.05) is 38.3 Å². The van der Waals surface area contributed by atoms with Crippen LogP contribution < -0.4 is 5.32 Å². The Morgan fingerprint density at radius 3 is 2.20 bits per heavy atom. The van der Waals surface area contributed by atoms with Gasteiger partial charge in [-0.1, -0.05) is 35.3 Å². The Morgan fingerprint density at radius 1 is 0.900 bits per heavy atom. The minimum Gasteiger partial charge on any atom is -0.452 e. The lowest BCUT2D eigenvalue weighted by molar-refractivity contribution is -0.115. The molecule has 1 aromatic heterocycles. The Balaban J connectivity index is 1.55. The molecule has 3 aromatic carbocycles. The quantitative estimate of drug-likeness (QED) is 0.364. The van der Waals surface area contributed by atoms with Crippen LogP contribution >= 0.6 is 23.2 Å². The summed E-state index contributed by atoms with van der Waals surface area (Å²) >= 11 is 11.8. The van der Waals surface area contributed by atoms with Crippen LogP contribution in [0.5, 0.6) is 0 Å². The number of rotatable bonds is 5. The van der Waals surface area contributed by atoms with E-state index in [1.807, 2.05) is 25.1 Å². The Hall–Kier alpha value is -3.08. The van der Waals surface area contributed by atoms with Gasteiger partial charge < -0.3 is 9.73 Å². The molecule has 0 unspecified atom stereocenters. The summed E-state index contributed by atoms with van der Waals surface area (Å²) in [4.78, 5) is 25.2. The van der Waals surface area contributed by atoms with Gasteiger partial charge in [-0.2, -0.15) is 0 Å². The molecule has 4 nitrogen and oxygen atoms in total. The molecular weight excluding hydrogens is 421 g/mol. The maximum Gasteiger partial charge on any atom is 0.228 e. The smallest absolute Gasteiger partial charge is 0.228 e. The van der Waals surface area contributed by atoms with Gasteiger partial charge in [0.1, 0.15) is 5.58 Å². The summed E-state index contributed by atoms with van der Waals surface area (Å²) in [7, 11) is 0. The summed E-state index contributed by atoms with van der Waals surface area (Å²) in [6.45, 7) is 1.84. The summed E-state index contributed by atoms with van der Waals surface area (Å²) in [5.74, 6) is -0.0944. The zero-order chi connectivity index (χ0) is 21.3. The van der Waals surface area contributed by atoms with Gasteiger partial charge in [0.15, 0.2) is 5.76 Å². The SMILES string of the molecule is Cc1c(C(=O)c2ccc(Cl)cc2)oc2cc(NC(=O)Cc3ccc(Cl)cc3)ccc12. The number of fused-ring (bicyclic) bond motifs is 1. The van der Waals surface area contributed by atoms with Gasteiger partial charge >= 0.3 is 0 Å². The molecule has 1 amide bonds. The van der Waals surface area contributed by atoms with Crippen LogP contribution in [0.15, 0.2) is 71.1 Å². The van der Waals surface area contributed by atoms with Gasteiger partial charge in [0.05, 0.1) is 6.42 Å². The van der Waals surface area contributed by atoms with Crippen molar-refractivity contribution < 1.29 is 14.0 Å². The van der Waals surface area contributed by atoms with Crippen LogP contribution in [0.3, 0.4) is 0 Å². The van der Waals surface area contributed by atoms with Gasteiger partial charge in [-0.15, -0.1) is 0 Å². The summed E-state index contributed by atoms with van der Waals surface area (Å²) < 4.78 is 5.85. The molecule has 0 atom stereocenters. The molecule has 0 aliphatic heterocycles. The highest BCUT2D eigenvalue weighted by Gasteiger charge is 2.19. The fourth-order valence-corrected chi connectivity index (χ4v) is 3.50. The third-order valence-electron chi connectivity index (χ3n) is 4.81. The summed E-state index contributed by atoms with van der Waals surface area (Å²) in [5.41, 5.74) is 3.25. The van der Waals surface area contributed by atoms with E-state index >= 15 is 0 Å². The van der Waals surface area contributed by atoms with Crippen molar-refractivity contribution in [1.29, 1.82) is 0 Å². The standard InChI is InChI=1S/C24H17Cl2NO3/c1-14-20-11-10-19(27-22(28)12-15-2-6-17(25)7-3-15)13-21(20)30-24(14)23(29)16-4-8-18(26)9-5-16/h2-11,13H,12H2,1H3,(H,27,28). The maximum absolute atomic E-state index is 12.8. The number of carbonyl (C=O) groups excluding carboxylic acids is 2. The minimum atomic E-state index is -0.214. The van der Waals surface area contributed by atoms with Gasteiger partial charge in [-0.3, -0.25) is 9.59 Å². The molecule has 0 saturated carbocycles. The van der Waals surface area contributed by atoms with E-state index in [2.05, 4.69) is 5.32 Å². The molecule has 1 heterocycles. The third kappa shape index (κ3) is 4.25. The fraction of sp³-hybridized carbons (Fsp3) is 0.0833. The lowest BCUT2D eigenvalue weighted by Gasteiger charge is -2.05. The molecular formula is C24H17Cl2NO3. The normalized spacial score (nSPS) is 10.9. The first-order valence-corrected chi connectivity index (χ1v) is 10.0. The number of carbonyl (C=O) groups is 2. The number of ketones is 1. The van der Waals surface area contributed by atoms with E-state index in [-0.39, 0.29) is 23.9 Å². The highest BCUT2D eigenvalue weighted by atomic mass is 35.5. The van der Waals surface area contributed by atoms with E-state index in [0.29, 0.717) is 26.9 Å². The molecule has 150 valence electrons. The van der Waals surface area contributed by atoms with Crippen molar-refractivity contribution in [3.8, 4) is 0 Å². The number of halogens is 2. The number of nitrogens with one attached hydrogen (secondary N) is 1. The molecule has 0 radical (unpaired) electrons. The second-order valence-corrected chi connectivity index (χ2v) is 7.83. The molecule has 6 heteroatoms. The first kappa shape index (κ1) is 20.2. The predicted molar refractivity (Wildman–Crippen MR) is 120 cm³/mol. The second kappa shape index (κ2) is 8.34. The number of anilines is 1. The van der Waals surface area contributed by atoms with Crippen molar-refractivity contribution in [1.82, 2.24) is 0 Å². The van der Waals surface area contributed by atoms with E-state index < -0.39 is 0 Å². The van der Waals surface area contributed by atoms with Crippen molar-refractivity contribution in [3.63, 3.8) is 0 Å². The molecule has 0 aliphatic carbocycles. The van der Waals surface area contributed by atoms with Crippen molar-refractivity contribution in [2.45, 2.75) is 13.3 Å². The Kier molecular flexibility index (Phi) is 5.62. The molecule has 0 fully saturated rings. The molecule has 0 bridgehead atoms. The summed E-state index contributed by atoms with van der Waals surface area (Å²) in [6, 6.07) is 19.2. The Labute approximate surface area is 183 Å². The maximum atomic E-state index is 12.8. The summed E-state index contributed by atoms with van der Waals surface area (Å²) in [5, 5.41) is 4.87. The average molecular weight is 438 g/mol. The zero-order valence-corrected chi connectivity index (χ0v) is 17.6. The molecule has 1 N–H and O–H groups in total. The lowest BCUT2D eigenvalue weighted by Crippen LogP contribution is -2.14. The molecule has 4 aromatic rings. The van der Waals surface area contributed by atoms with Gasteiger partial charge in [-0.05, 0) is 61.0 Å². The van der Waals surface area contributed by atoms with Crippen molar-refractivity contribution in [2.24, 2.45) is 0 Å². The van der Waals surface area contributed by atoms with Crippen molar-refractivity contribution in [3.05, 3.63) is 99.2 Å². The largest absolute Gasteiger partial charge is 0.452 e. The van der Waals surface area contributed by atoms with E-state index in [0.717, 1.165) is 16.5 Å². The Bertz CT molecular complexity index is 1240. The molecule has 0 aliphatic rings. The van der Waals surface area contributed by atoms with Gasteiger partial charge in [0.25, 0.3) is 0 Å². The number of aryl methyl sites for hydroxylation is 1. The number of hydrogen-bond acceptors (Lipinski definition) is 3. The van der Waals surface area contributed by atoms with Gasteiger partial charge in [0.2, 0.25) is 11.7 Å². The molecule has 0 spiro atoms. The first-order chi connectivity index (χ1) is 14.4. The summed E-state index contributed by atoms with van der Waals surface area (Å²) in [6.07, 6.45) is 0.229. The van der Waals surface area contributed by atoms with Crippen LogP contribution in [0.2, 0.25) is 10.0 Å². The third-order valence-corrected chi connectivity index (χ3v) is 5.32. The second-order valence-electron chi connectivity index (χ2n) is 6.95. The van der Waals surface area contributed by atoms with Crippen LogP contribution in [0.25, 0.3) is 11.0 Å². The van der Waals surface area contributed by atoms with Crippen LogP contribution in [-0.4, -0.2) is 11.7 Å². The van der Waals surface area contributed by atoms with E-state index in [9.17, 15) is 9.59 Å². The lowest BCUT2D eigenvalue weighted by atomic mass is 10.0. The minimum absolute atomic E-state index is 0.155. The highest BCUT2D eigenvalue weighted by molar-refractivity contribution is 6.31. The fourth-order valence-electron chi connectivity index (χ4n) is 3.24.